The molecule has 154 valence electrons. The van der Waals surface area contributed by atoms with Crippen LogP contribution in [0.3, 0.4) is 0 Å². The average Bonchev–Trinajstić information content (AvgIpc) is 2.71. The Labute approximate surface area is 170 Å². The van der Waals surface area contributed by atoms with E-state index >= 15 is 0 Å². The molecule has 2 aromatic rings. The molecule has 0 radical (unpaired) electrons. The number of hydrogen-bond donors (Lipinski definition) is 1. The van der Waals surface area contributed by atoms with Crippen molar-refractivity contribution in [2.45, 2.75) is 45.4 Å². The number of carbonyl (C=O) groups is 2. The Hall–Kier alpha value is -2.73. The SMILES string of the molecule is CC1CN(C(=O)c2ccc(CNC(=O)CCc3ccccc3F)cc2)CC(C)O1. The molecule has 2 atom stereocenters. The Morgan fingerprint density at radius 3 is 2.38 bits per heavy atom. The van der Waals surface area contributed by atoms with Crippen molar-refractivity contribution in [1.29, 1.82) is 0 Å². The van der Waals surface area contributed by atoms with E-state index in [-0.39, 0.29) is 36.3 Å². The highest BCUT2D eigenvalue weighted by Gasteiger charge is 2.26. The molecular formula is C23H27FN2O3. The third-order valence-electron chi connectivity index (χ3n) is 4.98. The molecule has 1 fully saturated rings. The van der Waals surface area contributed by atoms with Crippen molar-refractivity contribution in [2.24, 2.45) is 0 Å². The Morgan fingerprint density at radius 2 is 1.72 bits per heavy atom. The number of hydrogen-bond acceptors (Lipinski definition) is 3. The summed E-state index contributed by atoms with van der Waals surface area (Å²) in [4.78, 5) is 26.5. The van der Waals surface area contributed by atoms with Crippen LogP contribution in [0.25, 0.3) is 0 Å². The molecular weight excluding hydrogens is 371 g/mol. The zero-order valence-electron chi connectivity index (χ0n) is 16.9. The van der Waals surface area contributed by atoms with Crippen LogP contribution in [-0.4, -0.2) is 42.0 Å². The maximum Gasteiger partial charge on any atom is 0.254 e. The Kier molecular flexibility index (Phi) is 6.99. The molecule has 3 rings (SSSR count). The fraction of sp³-hybridized carbons (Fsp3) is 0.391. The lowest BCUT2D eigenvalue weighted by Gasteiger charge is -2.35. The van der Waals surface area contributed by atoms with Gasteiger partial charge in [0.1, 0.15) is 5.82 Å². The summed E-state index contributed by atoms with van der Waals surface area (Å²) in [6.45, 7) is 5.48. The highest BCUT2D eigenvalue weighted by atomic mass is 19.1. The molecule has 0 spiro atoms. The van der Waals surface area contributed by atoms with Crippen LogP contribution in [0, 0.1) is 5.82 Å². The average molecular weight is 398 g/mol. The summed E-state index contributed by atoms with van der Waals surface area (Å²) in [6.07, 6.45) is 0.649. The molecule has 29 heavy (non-hydrogen) atoms. The van der Waals surface area contributed by atoms with Crippen LogP contribution in [0.5, 0.6) is 0 Å². The summed E-state index contributed by atoms with van der Waals surface area (Å²) in [6, 6.07) is 13.7. The first kappa shape index (κ1) is 21.0. The maximum absolute atomic E-state index is 13.6. The van der Waals surface area contributed by atoms with Gasteiger partial charge in [0.25, 0.3) is 5.91 Å². The van der Waals surface area contributed by atoms with Crippen LogP contribution >= 0.6 is 0 Å². The van der Waals surface area contributed by atoms with E-state index in [1.165, 1.54) is 6.07 Å². The first-order valence-corrected chi connectivity index (χ1v) is 9.96. The van der Waals surface area contributed by atoms with Crippen molar-refractivity contribution < 1.29 is 18.7 Å². The third-order valence-corrected chi connectivity index (χ3v) is 4.98. The summed E-state index contributed by atoms with van der Waals surface area (Å²) in [5.41, 5.74) is 2.07. The molecule has 2 amide bonds. The van der Waals surface area contributed by atoms with E-state index in [0.29, 0.717) is 37.2 Å². The second-order valence-electron chi connectivity index (χ2n) is 7.53. The predicted molar refractivity (Wildman–Crippen MR) is 109 cm³/mol. The lowest BCUT2D eigenvalue weighted by Crippen LogP contribution is -2.48. The smallest absolute Gasteiger partial charge is 0.254 e. The minimum atomic E-state index is -0.287. The molecule has 6 heteroatoms. The minimum Gasteiger partial charge on any atom is -0.372 e. The van der Waals surface area contributed by atoms with Gasteiger partial charge >= 0.3 is 0 Å². The molecule has 1 N–H and O–H groups in total. The van der Waals surface area contributed by atoms with Gasteiger partial charge in [-0.1, -0.05) is 30.3 Å². The Bertz CT molecular complexity index is 843. The lowest BCUT2D eigenvalue weighted by atomic mass is 10.1. The molecule has 0 bridgehead atoms. The zero-order valence-corrected chi connectivity index (χ0v) is 16.9. The summed E-state index contributed by atoms with van der Waals surface area (Å²) in [5.74, 6) is -0.429. The van der Waals surface area contributed by atoms with Gasteiger partial charge in [-0.15, -0.1) is 0 Å². The second-order valence-corrected chi connectivity index (χ2v) is 7.53. The Morgan fingerprint density at radius 1 is 1.07 bits per heavy atom. The summed E-state index contributed by atoms with van der Waals surface area (Å²) in [7, 11) is 0. The summed E-state index contributed by atoms with van der Waals surface area (Å²) in [5, 5.41) is 2.84. The van der Waals surface area contributed by atoms with Crippen molar-refractivity contribution >= 4 is 11.8 Å². The first-order chi connectivity index (χ1) is 13.9. The van der Waals surface area contributed by atoms with E-state index < -0.39 is 0 Å². The second kappa shape index (κ2) is 9.65. The van der Waals surface area contributed by atoms with Gasteiger partial charge in [-0.25, -0.2) is 4.39 Å². The number of benzene rings is 2. The number of halogens is 1. The van der Waals surface area contributed by atoms with Crippen molar-refractivity contribution in [3.05, 3.63) is 71.0 Å². The van der Waals surface area contributed by atoms with E-state index in [1.54, 1.807) is 30.3 Å². The van der Waals surface area contributed by atoms with Crippen LogP contribution < -0.4 is 5.32 Å². The van der Waals surface area contributed by atoms with E-state index in [2.05, 4.69) is 5.32 Å². The van der Waals surface area contributed by atoms with Crippen molar-refractivity contribution in [3.63, 3.8) is 0 Å². The van der Waals surface area contributed by atoms with Gasteiger partial charge < -0.3 is 15.0 Å². The molecule has 1 heterocycles. The molecule has 0 aliphatic carbocycles. The number of ether oxygens (including phenoxy) is 1. The molecule has 2 unspecified atom stereocenters. The van der Waals surface area contributed by atoms with Crippen LogP contribution in [-0.2, 0) is 22.5 Å². The minimum absolute atomic E-state index is 0.00697. The van der Waals surface area contributed by atoms with E-state index in [0.717, 1.165) is 5.56 Å². The van der Waals surface area contributed by atoms with E-state index in [1.807, 2.05) is 30.9 Å². The number of amides is 2. The highest BCUT2D eigenvalue weighted by molar-refractivity contribution is 5.94. The maximum atomic E-state index is 13.6. The molecule has 0 aromatic heterocycles. The zero-order chi connectivity index (χ0) is 20.8. The van der Waals surface area contributed by atoms with Crippen LogP contribution in [0.2, 0.25) is 0 Å². The Balaban J connectivity index is 1.48. The van der Waals surface area contributed by atoms with Gasteiger partial charge in [-0.3, -0.25) is 9.59 Å². The first-order valence-electron chi connectivity index (χ1n) is 9.96. The van der Waals surface area contributed by atoms with Crippen molar-refractivity contribution in [2.75, 3.05) is 13.1 Å². The standard InChI is InChI=1S/C23H27FN2O3/c1-16-14-26(15-17(2)29-16)23(28)20-9-7-18(8-10-20)13-25-22(27)12-11-19-5-3-4-6-21(19)24/h3-10,16-17H,11-15H2,1-2H3,(H,25,27). The molecule has 5 nitrogen and oxygen atoms in total. The number of carbonyl (C=O) groups excluding carboxylic acids is 2. The quantitative estimate of drug-likeness (QED) is 0.812. The van der Waals surface area contributed by atoms with Crippen LogP contribution in [0.1, 0.15) is 41.8 Å². The van der Waals surface area contributed by atoms with Crippen molar-refractivity contribution in [1.82, 2.24) is 10.2 Å². The van der Waals surface area contributed by atoms with Gasteiger partial charge in [0, 0.05) is 31.6 Å². The molecule has 1 aliphatic rings. The van der Waals surface area contributed by atoms with Gasteiger partial charge in [0.05, 0.1) is 12.2 Å². The number of morpholine rings is 1. The summed E-state index contributed by atoms with van der Waals surface area (Å²) >= 11 is 0. The van der Waals surface area contributed by atoms with Gasteiger partial charge in [-0.05, 0) is 49.6 Å². The predicted octanol–water partition coefficient (Wildman–Crippen LogP) is 3.32. The van der Waals surface area contributed by atoms with Gasteiger partial charge in [0.2, 0.25) is 5.91 Å². The van der Waals surface area contributed by atoms with Gasteiger partial charge in [0.15, 0.2) is 0 Å². The third kappa shape index (κ3) is 5.87. The lowest BCUT2D eigenvalue weighted by molar-refractivity contribution is -0.121. The normalized spacial score (nSPS) is 19.1. The molecule has 1 aliphatic heterocycles. The van der Waals surface area contributed by atoms with E-state index in [9.17, 15) is 14.0 Å². The number of nitrogens with one attached hydrogen (secondary N) is 1. The fourth-order valence-corrected chi connectivity index (χ4v) is 3.53. The number of rotatable bonds is 6. The highest BCUT2D eigenvalue weighted by Crippen LogP contribution is 2.15. The largest absolute Gasteiger partial charge is 0.372 e. The molecule has 1 saturated heterocycles. The monoisotopic (exact) mass is 398 g/mol. The van der Waals surface area contributed by atoms with Gasteiger partial charge in [-0.2, -0.15) is 0 Å². The number of nitrogens with zero attached hydrogens (tertiary/aromatic N) is 1. The van der Waals surface area contributed by atoms with Crippen molar-refractivity contribution in [3.8, 4) is 0 Å². The summed E-state index contributed by atoms with van der Waals surface area (Å²) < 4.78 is 19.3. The molecule has 2 aromatic carbocycles. The molecule has 0 saturated carbocycles. The van der Waals surface area contributed by atoms with Crippen LogP contribution in [0.15, 0.2) is 48.5 Å². The number of aryl methyl sites for hydroxylation is 1. The van der Waals surface area contributed by atoms with E-state index in [4.69, 9.17) is 4.74 Å². The van der Waals surface area contributed by atoms with Crippen LogP contribution in [0.4, 0.5) is 4.39 Å². The fourth-order valence-electron chi connectivity index (χ4n) is 3.53. The topological polar surface area (TPSA) is 58.6 Å².